The maximum absolute atomic E-state index is 12.8. The monoisotopic (exact) mass is 490 g/mol. The van der Waals surface area contributed by atoms with E-state index in [0.29, 0.717) is 17.1 Å². The molecule has 1 atom stereocenters. The van der Waals surface area contributed by atoms with Crippen molar-refractivity contribution in [2.45, 2.75) is 46.6 Å². The largest absolute Gasteiger partial charge is 0.497 e. The maximum atomic E-state index is 12.8. The molecule has 0 saturated heterocycles. The molecule has 0 aliphatic carbocycles. The predicted molar refractivity (Wildman–Crippen MR) is 130 cm³/mol. The van der Waals surface area contributed by atoms with Gasteiger partial charge in [-0.1, -0.05) is 6.07 Å². The number of benzene rings is 1. The Hall–Kier alpha value is -3.89. The van der Waals surface area contributed by atoms with Crippen molar-refractivity contribution in [3.63, 3.8) is 0 Å². The van der Waals surface area contributed by atoms with Crippen LogP contribution in [0.4, 0.5) is 5.69 Å². The van der Waals surface area contributed by atoms with Gasteiger partial charge in [0.25, 0.3) is 5.91 Å². The Morgan fingerprint density at radius 2 is 1.77 bits per heavy atom. The molecule has 0 spiro atoms. The van der Waals surface area contributed by atoms with E-state index in [-0.39, 0.29) is 37.3 Å². The summed E-state index contributed by atoms with van der Waals surface area (Å²) >= 11 is 0. The summed E-state index contributed by atoms with van der Waals surface area (Å²) < 4.78 is 15.0. The third-order valence-electron chi connectivity index (χ3n) is 4.59. The van der Waals surface area contributed by atoms with Gasteiger partial charge in [-0.15, -0.1) is 0 Å². The molecule has 1 rings (SSSR count). The summed E-state index contributed by atoms with van der Waals surface area (Å²) in [5.74, 6) is -1.83. The SMILES string of the molecule is CCOC(=O)CCC(NC(=O)CNC(=O)/C(C(C)=Nc1cccc(OC)c1)=C(\C)N)C(=O)OCC. The number of nitrogens with two attached hydrogens (primary N) is 1. The van der Waals surface area contributed by atoms with Crippen LogP contribution in [0.1, 0.15) is 40.5 Å². The number of nitrogens with one attached hydrogen (secondary N) is 2. The molecule has 1 aromatic rings. The number of hydrogen-bond acceptors (Lipinski definition) is 9. The van der Waals surface area contributed by atoms with Crippen molar-refractivity contribution in [1.82, 2.24) is 10.6 Å². The van der Waals surface area contributed by atoms with E-state index in [1.807, 2.05) is 0 Å². The van der Waals surface area contributed by atoms with E-state index in [4.69, 9.17) is 19.9 Å². The van der Waals surface area contributed by atoms with Gasteiger partial charge in [0.05, 0.1) is 43.8 Å². The normalized spacial score (nSPS) is 12.7. The van der Waals surface area contributed by atoms with Gasteiger partial charge in [-0.3, -0.25) is 19.4 Å². The lowest BCUT2D eigenvalue weighted by Gasteiger charge is -2.17. The Labute approximate surface area is 205 Å². The zero-order chi connectivity index (χ0) is 26.4. The van der Waals surface area contributed by atoms with Crippen molar-refractivity contribution in [1.29, 1.82) is 0 Å². The molecule has 2 amide bonds. The topological polar surface area (TPSA) is 158 Å². The molecule has 0 fully saturated rings. The molecule has 1 unspecified atom stereocenters. The first-order chi connectivity index (χ1) is 16.6. The number of esters is 2. The lowest BCUT2D eigenvalue weighted by Crippen LogP contribution is -2.47. The minimum absolute atomic E-state index is 0.00326. The zero-order valence-electron chi connectivity index (χ0n) is 20.8. The van der Waals surface area contributed by atoms with Crippen molar-refractivity contribution >= 4 is 35.2 Å². The molecule has 35 heavy (non-hydrogen) atoms. The molecule has 1 aromatic carbocycles. The molecular weight excluding hydrogens is 456 g/mol. The summed E-state index contributed by atoms with van der Waals surface area (Å²) in [6.45, 7) is 6.34. The third-order valence-corrected chi connectivity index (χ3v) is 4.59. The van der Waals surface area contributed by atoms with Crippen LogP contribution >= 0.6 is 0 Å². The molecule has 0 aromatic heterocycles. The van der Waals surface area contributed by atoms with E-state index in [0.717, 1.165) is 0 Å². The number of aliphatic imine (C=N–C) groups is 1. The molecule has 0 saturated carbocycles. The smallest absolute Gasteiger partial charge is 0.328 e. The second-order valence-electron chi connectivity index (χ2n) is 7.36. The summed E-state index contributed by atoms with van der Waals surface area (Å²) in [6.07, 6.45) is -0.0835. The number of carbonyl (C=O) groups excluding carboxylic acids is 4. The van der Waals surface area contributed by atoms with E-state index in [1.165, 1.54) is 7.11 Å². The summed E-state index contributed by atoms with van der Waals surface area (Å²) in [7, 11) is 1.53. The van der Waals surface area contributed by atoms with Gasteiger partial charge < -0.3 is 30.6 Å². The van der Waals surface area contributed by atoms with Crippen LogP contribution in [0.5, 0.6) is 5.75 Å². The van der Waals surface area contributed by atoms with Crippen molar-refractivity contribution in [3.8, 4) is 5.75 Å². The first-order valence-corrected chi connectivity index (χ1v) is 11.2. The molecule has 0 bridgehead atoms. The van der Waals surface area contributed by atoms with Crippen LogP contribution in [-0.2, 0) is 28.7 Å². The Kier molecular flexibility index (Phi) is 12.6. The number of hydrogen-bond donors (Lipinski definition) is 3. The number of ether oxygens (including phenoxy) is 3. The summed E-state index contributed by atoms with van der Waals surface area (Å²) in [5.41, 5.74) is 7.14. The molecule has 0 heterocycles. The number of carbonyl (C=O) groups is 4. The molecule has 11 heteroatoms. The fraction of sp³-hybridized carbons (Fsp3) is 0.458. The van der Waals surface area contributed by atoms with Crippen LogP contribution in [0.3, 0.4) is 0 Å². The van der Waals surface area contributed by atoms with Crippen molar-refractivity contribution < 1.29 is 33.4 Å². The highest BCUT2D eigenvalue weighted by molar-refractivity contribution is 6.22. The Balaban J connectivity index is 2.84. The Morgan fingerprint density at radius 3 is 2.37 bits per heavy atom. The van der Waals surface area contributed by atoms with Crippen LogP contribution in [-0.4, -0.2) is 62.4 Å². The van der Waals surface area contributed by atoms with Crippen LogP contribution in [0.25, 0.3) is 0 Å². The first kappa shape index (κ1) is 29.1. The molecule has 192 valence electrons. The maximum Gasteiger partial charge on any atom is 0.328 e. The third kappa shape index (κ3) is 10.3. The van der Waals surface area contributed by atoms with Crippen molar-refractivity contribution in [3.05, 3.63) is 35.5 Å². The average molecular weight is 491 g/mol. The Bertz CT molecular complexity index is 968. The highest BCUT2D eigenvalue weighted by Gasteiger charge is 2.24. The summed E-state index contributed by atoms with van der Waals surface area (Å²) in [5, 5.41) is 4.95. The van der Waals surface area contributed by atoms with Gasteiger partial charge in [-0.05, 0) is 46.2 Å². The molecule has 0 radical (unpaired) electrons. The second-order valence-corrected chi connectivity index (χ2v) is 7.36. The fourth-order valence-corrected chi connectivity index (χ4v) is 3.04. The second kappa shape index (κ2) is 15.1. The van der Waals surface area contributed by atoms with E-state index in [9.17, 15) is 19.2 Å². The number of methoxy groups -OCH3 is 1. The van der Waals surface area contributed by atoms with E-state index < -0.39 is 36.3 Å². The highest BCUT2D eigenvalue weighted by Crippen LogP contribution is 2.21. The van der Waals surface area contributed by atoms with Crippen LogP contribution in [0.15, 0.2) is 40.5 Å². The lowest BCUT2D eigenvalue weighted by molar-refractivity contribution is -0.148. The number of amides is 2. The van der Waals surface area contributed by atoms with Crippen molar-refractivity contribution in [2.75, 3.05) is 26.9 Å². The molecular formula is C24H34N4O7. The summed E-state index contributed by atoms with van der Waals surface area (Å²) in [6, 6.07) is 5.90. The van der Waals surface area contributed by atoms with Gasteiger partial charge in [-0.25, -0.2) is 4.79 Å². The minimum atomic E-state index is -1.06. The Morgan fingerprint density at radius 1 is 1.09 bits per heavy atom. The summed E-state index contributed by atoms with van der Waals surface area (Å²) in [4.78, 5) is 53.4. The van der Waals surface area contributed by atoms with E-state index in [1.54, 1.807) is 52.0 Å². The zero-order valence-corrected chi connectivity index (χ0v) is 20.8. The first-order valence-electron chi connectivity index (χ1n) is 11.2. The van der Waals surface area contributed by atoms with Gasteiger partial charge in [0.1, 0.15) is 11.8 Å². The molecule has 0 aliphatic rings. The van der Waals surface area contributed by atoms with Gasteiger partial charge in [0, 0.05) is 18.2 Å². The lowest BCUT2D eigenvalue weighted by atomic mass is 10.1. The fourth-order valence-electron chi connectivity index (χ4n) is 3.04. The highest BCUT2D eigenvalue weighted by atomic mass is 16.5. The average Bonchev–Trinajstić information content (AvgIpc) is 2.80. The minimum Gasteiger partial charge on any atom is -0.497 e. The molecule has 11 nitrogen and oxygen atoms in total. The van der Waals surface area contributed by atoms with Gasteiger partial charge in [-0.2, -0.15) is 0 Å². The van der Waals surface area contributed by atoms with Crippen LogP contribution in [0.2, 0.25) is 0 Å². The molecule has 0 aliphatic heterocycles. The van der Waals surface area contributed by atoms with Gasteiger partial charge in [0.15, 0.2) is 0 Å². The van der Waals surface area contributed by atoms with E-state index >= 15 is 0 Å². The quantitative estimate of drug-likeness (QED) is 0.213. The van der Waals surface area contributed by atoms with Crippen LogP contribution in [0, 0.1) is 0 Å². The van der Waals surface area contributed by atoms with Gasteiger partial charge >= 0.3 is 11.9 Å². The number of rotatable bonds is 13. The predicted octanol–water partition coefficient (Wildman–Crippen LogP) is 1.53. The van der Waals surface area contributed by atoms with Crippen molar-refractivity contribution in [2.24, 2.45) is 10.7 Å². The van der Waals surface area contributed by atoms with E-state index in [2.05, 4.69) is 15.6 Å². The number of allylic oxidation sites excluding steroid dienone is 1. The standard InChI is InChI=1S/C24H34N4O7/c1-6-34-21(30)12-11-19(24(32)35-7-2)28-20(29)14-26-23(31)22(15(3)25)16(4)27-17-9-8-10-18(13-17)33-5/h8-10,13,19H,6-7,11-12,14,25H2,1-5H3,(H,26,31)(H,28,29)/b22-15+,27-16?. The number of nitrogens with zero attached hydrogens (tertiary/aromatic N) is 1. The van der Waals surface area contributed by atoms with Gasteiger partial charge in [0.2, 0.25) is 5.91 Å². The molecule has 4 N–H and O–H groups in total. The van der Waals surface area contributed by atoms with Crippen LogP contribution < -0.4 is 21.1 Å².